The maximum Gasteiger partial charge on any atom is 0.243 e. The van der Waals surface area contributed by atoms with Crippen LogP contribution in [0.5, 0.6) is 0 Å². The highest BCUT2D eigenvalue weighted by Gasteiger charge is 2.31. The first-order valence-electron chi connectivity index (χ1n) is 10.4. The third-order valence-corrected chi connectivity index (χ3v) is 7.89. The predicted molar refractivity (Wildman–Crippen MR) is 122 cm³/mol. The number of nitrogens with one attached hydrogen (secondary N) is 1. The summed E-state index contributed by atoms with van der Waals surface area (Å²) < 4.78 is 27.3. The Bertz CT molecular complexity index is 744. The lowest BCUT2D eigenvalue weighted by atomic mass is 9.90. The topological polar surface area (TPSA) is 66.5 Å². The lowest BCUT2D eigenvalue weighted by molar-refractivity contribution is -0.120. The van der Waals surface area contributed by atoms with Crippen molar-refractivity contribution in [2.24, 2.45) is 5.92 Å². The van der Waals surface area contributed by atoms with Gasteiger partial charge in [-0.15, -0.1) is 0 Å². The van der Waals surface area contributed by atoms with E-state index in [1.807, 2.05) is 0 Å². The van der Waals surface area contributed by atoms with Gasteiger partial charge in [0.1, 0.15) is 0 Å². The van der Waals surface area contributed by atoms with Crippen molar-refractivity contribution in [1.29, 1.82) is 0 Å². The number of sulfonamides is 1. The first-order valence-corrected chi connectivity index (χ1v) is 12.2. The molecule has 1 unspecified atom stereocenters. The third-order valence-electron chi connectivity index (χ3n) is 5.76. The fourth-order valence-corrected chi connectivity index (χ4v) is 5.77. The molecule has 1 aromatic rings. The van der Waals surface area contributed by atoms with E-state index < -0.39 is 10.0 Å². The molecule has 1 aliphatic heterocycles. The highest BCUT2D eigenvalue weighted by atomic mass is 35.5. The summed E-state index contributed by atoms with van der Waals surface area (Å²) in [6, 6.07) is 6.30. The molecule has 0 bridgehead atoms. The molecule has 30 heavy (non-hydrogen) atoms. The van der Waals surface area contributed by atoms with E-state index in [1.165, 1.54) is 19.3 Å². The number of amides is 1. The molecule has 5 radical (unpaired) electrons. The quantitative estimate of drug-likeness (QED) is 0.694. The summed E-state index contributed by atoms with van der Waals surface area (Å²) >= 11 is 5.87. The molecule has 1 saturated heterocycles. The number of halogens is 1. The highest BCUT2D eigenvalue weighted by Crippen LogP contribution is 2.26. The summed E-state index contributed by atoms with van der Waals surface area (Å²) in [5, 5.41) is 3.59. The maximum absolute atomic E-state index is 12.9. The van der Waals surface area contributed by atoms with E-state index in [0.717, 1.165) is 44.4 Å². The van der Waals surface area contributed by atoms with Gasteiger partial charge in [-0.3, -0.25) is 4.79 Å². The minimum absolute atomic E-state index is 0. The van der Waals surface area contributed by atoms with Gasteiger partial charge in [0, 0.05) is 24.7 Å². The largest absolute Gasteiger partial charge is 0.355 e. The normalized spacial score (nSPS) is 21.4. The first-order chi connectivity index (χ1) is 13.5. The van der Waals surface area contributed by atoms with Gasteiger partial charge in [-0.25, -0.2) is 8.42 Å². The molecule has 3 rings (SSSR count). The standard InChI is InChI=1S/C21H30ClN2O3S.2CH2/c22-19-10-12-20(13-11-19)28(26,27)24-14-6-7-17(16-24)15-23-21(25)18-8-4-2-1-3-5-9-18;;/h10-13,17H,1-9,14-16H2,(H,23,25);2*1H2. The number of carbonyl (C=O) groups excluding carboxylic acids is 1. The van der Waals surface area contributed by atoms with E-state index in [2.05, 4.69) is 5.32 Å². The number of hydrogen-bond acceptors (Lipinski definition) is 3. The number of carbonyl (C=O) groups is 1. The number of rotatable bonds is 5. The van der Waals surface area contributed by atoms with Gasteiger partial charge in [0.15, 0.2) is 0 Å². The molecular weight excluding hydrogens is 420 g/mol. The number of hydrogen-bond donors (Lipinski definition) is 1. The SMILES string of the molecule is O=C(NCC1CCCN(S(=O)(=O)c2ccc(Cl)cc2)C1)[C]1CCCCCCC1.[CH2].[CH2]. The molecule has 0 spiro atoms. The van der Waals surface area contributed by atoms with Crippen LogP contribution in [0.2, 0.25) is 5.02 Å². The van der Waals surface area contributed by atoms with Crippen LogP contribution in [0.25, 0.3) is 0 Å². The Morgan fingerprint density at radius 3 is 2.23 bits per heavy atom. The lowest BCUT2D eigenvalue weighted by Gasteiger charge is -2.32. The second-order valence-corrected chi connectivity index (χ2v) is 10.3. The van der Waals surface area contributed by atoms with Gasteiger partial charge in [0.2, 0.25) is 15.9 Å². The molecular formula is C23H34ClN2O3S. The predicted octanol–water partition coefficient (Wildman–Crippen LogP) is 4.83. The van der Waals surface area contributed by atoms with Gasteiger partial charge < -0.3 is 5.32 Å². The summed E-state index contributed by atoms with van der Waals surface area (Å²) in [5.74, 6) is 1.23. The smallest absolute Gasteiger partial charge is 0.243 e. The van der Waals surface area contributed by atoms with Crippen molar-refractivity contribution in [2.45, 2.75) is 62.7 Å². The third kappa shape index (κ3) is 7.24. The van der Waals surface area contributed by atoms with Crippen molar-refractivity contribution >= 4 is 27.5 Å². The average Bonchev–Trinajstić information content (AvgIpc) is 2.66. The van der Waals surface area contributed by atoms with Crippen molar-refractivity contribution in [3.63, 3.8) is 0 Å². The molecule has 1 N–H and O–H groups in total. The zero-order valence-electron chi connectivity index (χ0n) is 17.7. The van der Waals surface area contributed by atoms with E-state index in [-0.39, 0.29) is 31.6 Å². The molecule has 7 heteroatoms. The summed E-state index contributed by atoms with van der Waals surface area (Å²) in [6.45, 7) is 1.50. The fourth-order valence-electron chi connectivity index (χ4n) is 4.09. The summed E-state index contributed by atoms with van der Waals surface area (Å²) in [7, 11) is -3.52. The molecule has 1 heterocycles. The Morgan fingerprint density at radius 1 is 1.00 bits per heavy atom. The molecule has 2 aliphatic rings. The molecule has 1 aliphatic carbocycles. The van der Waals surface area contributed by atoms with Gasteiger partial charge in [-0.2, -0.15) is 4.31 Å². The Balaban J connectivity index is 0.00000225. The van der Waals surface area contributed by atoms with Crippen LogP contribution < -0.4 is 5.32 Å². The summed E-state index contributed by atoms with van der Waals surface area (Å²) in [4.78, 5) is 12.8. The van der Waals surface area contributed by atoms with Crippen LogP contribution in [0, 0.1) is 26.7 Å². The van der Waals surface area contributed by atoms with Crippen LogP contribution in [0.3, 0.4) is 0 Å². The van der Waals surface area contributed by atoms with Crippen LogP contribution in [-0.4, -0.2) is 38.3 Å². The van der Waals surface area contributed by atoms with Gasteiger partial charge in [-0.1, -0.05) is 58.6 Å². The van der Waals surface area contributed by atoms with Crippen LogP contribution in [0.4, 0.5) is 0 Å². The first kappa shape index (κ1) is 26.9. The van der Waals surface area contributed by atoms with Crippen LogP contribution in [0.15, 0.2) is 29.2 Å². The second kappa shape index (κ2) is 12.7. The summed E-state index contributed by atoms with van der Waals surface area (Å²) in [5.41, 5.74) is 0. The van der Waals surface area contributed by atoms with Gasteiger partial charge in [0.05, 0.1) is 10.8 Å². The zero-order valence-corrected chi connectivity index (χ0v) is 19.3. The van der Waals surface area contributed by atoms with E-state index >= 15 is 0 Å². The monoisotopic (exact) mass is 453 g/mol. The highest BCUT2D eigenvalue weighted by molar-refractivity contribution is 7.89. The lowest BCUT2D eigenvalue weighted by Crippen LogP contribution is -2.44. The van der Waals surface area contributed by atoms with Crippen LogP contribution in [-0.2, 0) is 14.8 Å². The number of nitrogens with zero attached hydrogens (tertiary/aromatic N) is 1. The molecule has 2 fully saturated rings. The van der Waals surface area contributed by atoms with Crippen molar-refractivity contribution in [3.05, 3.63) is 50.1 Å². The Morgan fingerprint density at radius 2 is 1.60 bits per heavy atom. The Hall–Kier alpha value is -1.11. The average molecular weight is 454 g/mol. The molecule has 167 valence electrons. The molecule has 1 saturated carbocycles. The van der Waals surface area contributed by atoms with E-state index in [4.69, 9.17) is 11.6 Å². The molecule has 1 amide bonds. The zero-order chi connectivity index (χ0) is 20.0. The maximum atomic E-state index is 12.9. The van der Waals surface area contributed by atoms with Crippen molar-refractivity contribution in [2.75, 3.05) is 19.6 Å². The minimum atomic E-state index is -3.52. The van der Waals surface area contributed by atoms with Crippen LogP contribution in [0.1, 0.15) is 57.8 Å². The Labute approximate surface area is 188 Å². The van der Waals surface area contributed by atoms with Crippen molar-refractivity contribution in [1.82, 2.24) is 9.62 Å². The fraction of sp³-hybridized carbons (Fsp3) is 0.565. The van der Waals surface area contributed by atoms with E-state index in [9.17, 15) is 13.2 Å². The molecule has 0 aromatic heterocycles. The Kier molecular flexibility index (Phi) is 11.4. The van der Waals surface area contributed by atoms with Crippen molar-refractivity contribution in [3.8, 4) is 0 Å². The summed E-state index contributed by atoms with van der Waals surface area (Å²) in [6.07, 6.45) is 9.41. The van der Waals surface area contributed by atoms with Gasteiger partial charge in [0.25, 0.3) is 0 Å². The van der Waals surface area contributed by atoms with Crippen molar-refractivity contribution < 1.29 is 13.2 Å². The second-order valence-electron chi connectivity index (χ2n) is 7.91. The van der Waals surface area contributed by atoms with Crippen LogP contribution >= 0.6 is 11.6 Å². The minimum Gasteiger partial charge on any atom is -0.355 e. The number of benzene rings is 1. The molecule has 1 aromatic carbocycles. The molecule has 5 nitrogen and oxygen atoms in total. The van der Waals surface area contributed by atoms with Gasteiger partial charge >= 0.3 is 0 Å². The number of piperidine rings is 1. The van der Waals surface area contributed by atoms with E-state index in [0.29, 0.717) is 24.7 Å². The van der Waals surface area contributed by atoms with E-state index in [1.54, 1.807) is 28.6 Å². The molecule has 1 atom stereocenters. The van der Waals surface area contributed by atoms with Gasteiger partial charge in [-0.05, 0) is 55.9 Å².